The number of para-hydroxylation sites is 1. The number of nitrogens with zero attached hydrogens (tertiary/aromatic N) is 1. The molecule has 1 heterocycles. The average molecular weight is 257 g/mol. The van der Waals surface area contributed by atoms with Gasteiger partial charge in [0.1, 0.15) is 5.60 Å². The second-order valence-electron chi connectivity index (χ2n) is 5.04. The first-order chi connectivity index (χ1) is 9.03. The minimum atomic E-state index is -0.748. The van der Waals surface area contributed by atoms with Crippen molar-refractivity contribution in [1.29, 1.82) is 0 Å². The second kappa shape index (κ2) is 5.49. The molecule has 0 aliphatic heterocycles. The maximum atomic E-state index is 12.2. The van der Waals surface area contributed by atoms with E-state index < -0.39 is 5.60 Å². The number of carbonyl (C=O) groups excluding carboxylic acids is 1. The molecule has 1 aromatic heterocycles. The van der Waals surface area contributed by atoms with Gasteiger partial charge in [0.05, 0.1) is 11.9 Å². The summed E-state index contributed by atoms with van der Waals surface area (Å²) in [7, 11) is 0. The second-order valence-corrected chi connectivity index (χ2v) is 5.04. The lowest BCUT2D eigenvalue weighted by Gasteiger charge is -2.22. The number of carbonyl (C=O) groups is 1. The molecular weight excluding hydrogens is 238 g/mol. The minimum Gasteiger partial charge on any atom is -0.368 e. The third-order valence-electron chi connectivity index (χ3n) is 3.17. The Labute approximate surface area is 113 Å². The fraction of sp³-hybridized carbons (Fsp3) is 0.375. The van der Waals surface area contributed by atoms with Crippen LogP contribution in [0.25, 0.3) is 10.9 Å². The summed E-state index contributed by atoms with van der Waals surface area (Å²) in [6.45, 7) is 6.03. The van der Waals surface area contributed by atoms with Crippen LogP contribution in [0.1, 0.15) is 26.5 Å². The highest BCUT2D eigenvalue weighted by Gasteiger charge is 2.27. The van der Waals surface area contributed by atoms with E-state index in [0.717, 1.165) is 16.6 Å². The van der Waals surface area contributed by atoms with Crippen molar-refractivity contribution in [1.82, 2.24) is 4.98 Å². The monoisotopic (exact) mass is 257 g/mol. The number of hydrogen-bond acceptors (Lipinski definition) is 3. The van der Waals surface area contributed by atoms with Gasteiger partial charge in [-0.1, -0.05) is 24.3 Å². The molecule has 0 aliphatic rings. The van der Waals surface area contributed by atoms with E-state index in [-0.39, 0.29) is 5.78 Å². The van der Waals surface area contributed by atoms with E-state index in [4.69, 9.17) is 4.74 Å². The number of ketones is 1. The van der Waals surface area contributed by atoms with E-state index in [0.29, 0.717) is 13.0 Å². The number of fused-ring (bicyclic) bond motifs is 1. The zero-order valence-corrected chi connectivity index (χ0v) is 11.6. The van der Waals surface area contributed by atoms with E-state index in [1.165, 1.54) is 0 Å². The topological polar surface area (TPSA) is 39.2 Å². The first-order valence-electron chi connectivity index (χ1n) is 6.55. The molecule has 0 N–H and O–H groups in total. The molecule has 0 atom stereocenters. The van der Waals surface area contributed by atoms with Gasteiger partial charge < -0.3 is 4.74 Å². The predicted molar refractivity (Wildman–Crippen MR) is 76.2 cm³/mol. The number of benzene rings is 1. The Morgan fingerprint density at radius 3 is 2.68 bits per heavy atom. The molecule has 0 spiro atoms. The maximum absolute atomic E-state index is 12.2. The van der Waals surface area contributed by atoms with Crippen molar-refractivity contribution in [2.45, 2.75) is 32.8 Å². The van der Waals surface area contributed by atoms with E-state index in [9.17, 15) is 4.79 Å². The first-order valence-corrected chi connectivity index (χ1v) is 6.55. The van der Waals surface area contributed by atoms with Crippen molar-refractivity contribution in [3.8, 4) is 0 Å². The van der Waals surface area contributed by atoms with Gasteiger partial charge >= 0.3 is 0 Å². The van der Waals surface area contributed by atoms with Crippen LogP contribution in [-0.2, 0) is 16.0 Å². The number of pyridine rings is 1. The Balaban J connectivity index is 2.19. The minimum absolute atomic E-state index is 0.0529. The van der Waals surface area contributed by atoms with E-state index in [1.54, 1.807) is 13.8 Å². The summed E-state index contributed by atoms with van der Waals surface area (Å²) in [6, 6.07) is 11.8. The smallest absolute Gasteiger partial charge is 0.169 e. The number of rotatable bonds is 5. The lowest BCUT2D eigenvalue weighted by molar-refractivity contribution is -0.139. The Morgan fingerprint density at radius 2 is 1.95 bits per heavy atom. The normalized spacial score (nSPS) is 11.7. The molecule has 100 valence electrons. The largest absolute Gasteiger partial charge is 0.368 e. The highest BCUT2D eigenvalue weighted by atomic mass is 16.5. The summed E-state index contributed by atoms with van der Waals surface area (Å²) < 4.78 is 5.47. The molecule has 0 saturated carbocycles. The zero-order valence-electron chi connectivity index (χ0n) is 11.6. The molecular formula is C16H19NO2. The summed E-state index contributed by atoms with van der Waals surface area (Å²) in [5.74, 6) is 0.0529. The molecule has 0 aliphatic carbocycles. The Kier molecular flexibility index (Phi) is 3.96. The molecule has 0 bridgehead atoms. The molecule has 19 heavy (non-hydrogen) atoms. The SMILES string of the molecule is CCOC(C)(C)C(=O)Cc1ccc2ccccc2n1. The molecule has 0 amide bonds. The molecule has 0 radical (unpaired) electrons. The van der Waals surface area contributed by atoms with Gasteiger partial charge in [0, 0.05) is 17.7 Å². The third kappa shape index (κ3) is 3.18. The van der Waals surface area contributed by atoms with Crippen LogP contribution in [0.5, 0.6) is 0 Å². The summed E-state index contributed by atoms with van der Waals surface area (Å²) in [6.07, 6.45) is 0.303. The van der Waals surface area contributed by atoms with Crippen LogP contribution in [0.4, 0.5) is 0 Å². The van der Waals surface area contributed by atoms with Crippen molar-refractivity contribution >= 4 is 16.7 Å². The lowest BCUT2D eigenvalue weighted by Crippen LogP contribution is -2.36. The number of ether oxygens (including phenoxy) is 1. The predicted octanol–water partition coefficient (Wildman–Crippen LogP) is 3.16. The van der Waals surface area contributed by atoms with Crippen LogP contribution < -0.4 is 0 Å². The van der Waals surface area contributed by atoms with Gasteiger partial charge in [-0.15, -0.1) is 0 Å². The number of hydrogen-bond donors (Lipinski definition) is 0. The van der Waals surface area contributed by atoms with Crippen LogP contribution in [0.3, 0.4) is 0 Å². The summed E-state index contributed by atoms with van der Waals surface area (Å²) in [5, 5.41) is 1.09. The number of Topliss-reactive ketones (excluding diaryl/α,β-unsaturated/α-hetero) is 1. The van der Waals surface area contributed by atoms with E-state index >= 15 is 0 Å². The van der Waals surface area contributed by atoms with Crippen LogP contribution in [0, 0.1) is 0 Å². The zero-order chi connectivity index (χ0) is 13.9. The average Bonchev–Trinajstić information content (AvgIpc) is 2.38. The molecule has 0 fully saturated rings. The highest BCUT2D eigenvalue weighted by molar-refractivity contribution is 5.88. The Morgan fingerprint density at radius 1 is 1.21 bits per heavy atom. The van der Waals surface area contributed by atoms with Crippen molar-refractivity contribution in [3.05, 3.63) is 42.1 Å². The standard InChI is InChI=1S/C16H19NO2/c1-4-19-16(2,3)15(18)11-13-10-9-12-7-5-6-8-14(12)17-13/h5-10H,4,11H2,1-3H3. The fourth-order valence-corrected chi connectivity index (χ4v) is 2.03. The van der Waals surface area contributed by atoms with Gasteiger partial charge in [-0.3, -0.25) is 9.78 Å². The molecule has 3 nitrogen and oxygen atoms in total. The quantitative estimate of drug-likeness (QED) is 0.826. The van der Waals surface area contributed by atoms with Crippen LogP contribution in [0.15, 0.2) is 36.4 Å². The van der Waals surface area contributed by atoms with Gasteiger partial charge in [-0.2, -0.15) is 0 Å². The number of aromatic nitrogens is 1. The summed E-state index contributed by atoms with van der Waals surface area (Å²) in [5.41, 5.74) is 0.959. The van der Waals surface area contributed by atoms with Crippen LogP contribution >= 0.6 is 0 Å². The summed E-state index contributed by atoms with van der Waals surface area (Å²) >= 11 is 0. The van der Waals surface area contributed by atoms with Crippen molar-refractivity contribution in [3.63, 3.8) is 0 Å². The van der Waals surface area contributed by atoms with Gasteiger partial charge in [0.25, 0.3) is 0 Å². The lowest BCUT2D eigenvalue weighted by atomic mass is 9.98. The molecule has 3 heteroatoms. The van der Waals surface area contributed by atoms with Gasteiger partial charge in [0.15, 0.2) is 5.78 Å². The van der Waals surface area contributed by atoms with Gasteiger partial charge in [0.2, 0.25) is 0 Å². The molecule has 0 saturated heterocycles. The molecule has 2 rings (SSSR count). The molecule has 2 aromatic rings. The fourth-order valence-electron chi connectivity index (χ4n) is 2.03. The Hall–Kier alpha value is -1.74. The van der Waals surface area contributed by atoms with Gasteiger partial charge in [-0.25, -0.2) is 0 Å². The van der Waals surface area contributed by atoms with Crippen LogP contribution in [0.2, 0.25) is 0 Å². The third-order valence-corrected chi connectivity index (χ3v) is 3.17. The first kappa shape index (κ1) is 13.7. The van der Waals surface area contributed by atoms with Crippen molar-refractivity contribution < 1.29 is 9.53 Å². The molecule has 0 unspecified atom stereocenters. The van der Waals surface area contributed by atoms with E-state index in [1.807, 2.05) is 43.3 Å². The maximum Gasteiger partial charge on any atom is 0.169 e. The van der Waals surface area contributed by atoms with Crippen LogP contribution in [-0.4, -0.2) is 23.0 Å². The highest BCUT2D eigenvalue weighted by Crippen LogP contribution is 2.16. The van der Waals surface area contributed by atoms with Crippen molar-refractivity contribution in [2.24, 2.45) is 0 Å². The van der Waals surface area contributed by atoms with Crippen molar-refractivity contribution in [2.75, 3.05) is 6.61 Å². The summed E-state index contributed by atoms with van der Waals surface area (Å²) in [4.78, 5) is 16.7. The van der Waals surface area contributed by atoms with Gasteiger partial charge in [-0.05, 0) is 32.9 Å². The van der Waals surface area contributed by atoms with E-state index in [2.05, 4.69) is 4.98 Å². The molecule has 1 aromatic carbocycles. The Bertz CT molecular complexity index is 590.